The number of anilines is 2. The zero-order chi connectivity index (χ0) is 22.5. The number of rotatable bonds is 3. The number of aliphatic hydroxyl groups excluding tert-OH is 1. The fourth-order valence-corrected chi connectivity index (χ4v) is 4.77. The molecule has 1 aliphatic heterocycles. The molecule has 2 aliphatic rings. The van der Waals surface area contributed by atoms with Gasteiger partial charge < -0.3 is 9.52 Å². The van der Waals surface area contributed by atoms with Crippen LogP contribution in [0, 0.1) is 0 Å². The quantitative estimate of drug-likeness (QED) is 0.459. The Morgan fingerprint density at radius 3 is 2.88 bits per heavy atom. The first kappa shape index (κ1) is 19.9. The van der Waals surface area contributed by atoms with E-state index in [9.17, 15) is 9.90 Å². The normalized spacial score (nSPS) is 20.7. The molecule has 6 rings (SSSR count). The van der Waals surface area contributed by atoms with Crippen molar-refractivity contribution < 1.29 is 14.3 Å². The number of benzene rings is 1. The number of amides is 2. The van der Waals surface area contributed by atoms with Gasteiger partial charge in [0.15, 0.2) is 12.2 Å². The lowest BCUT2D eigenvalue weighted by Crippen LogP contribution is -2.55. The van der Waals surface area contributed by atoms with Crippen molar-refractivity contribution in [2.24, 2.45) is 0 Å². The molecule has 2 unspecified atom stereocenters. The summed E-state index contributed by atoms with van der Waals surface area (Å²) >= 11 is 6.15. The van der Waals surface area contributed by atoms with Crippen molar-refractivity contribution in [3.05, 3.63) is 77.9 Å². The summed E-state index contributed by atoms with van der Waals surface area (Å²) in [6.45, 7) is 0. The van der Waals surface area contributed by atoms with E-state index in [1.807, 2.05) is 30.3 Å². The topological polar surface area (TPSA) is 104 Å². The van der Waals surface area contributed by atoms with E-state index < -0.39 is 12.1 Å². The Morgan fingerprint density at radius 2 is 2.09 bits per heavy atom. The molecule has 33 heavy (non-hydrogen) atoms. The Labute approximate surface area is 193 Å². The third kappa shape index (κ3) is 3.35. The fraction of sp³-hybridized carbons (Fsp3) is 0.167. The second-order valence-corrected chi connectivity index (χ2v) is 8.55. The molecule has 0 bridgehead atoms. The van der Waals surface area contributed by atoms with Crippen molar-refractivity contribution in [2.75, 3.05) is 10.2 Å². The van der Waals surface area contributed by atoms with Gasteiger partial charge in [0.2, 0.25) is 0 Å². The van der Waals surface area contributed by atoms with E-state index in [1.165, 1.54) is 6.39 Å². The Hall–Kier alpha value is -3.75. The Morgan fingerprint density at radius 1 is 1.18 bits per heavy atom. The molecule has 1 aromatic carbocycles. The van der Waals surface area contributed by atoms with Crippen molar-refractivity contribution in [3.8, 4) is 22.6 Å². The van der Waals surface area contributed by atoms with Crippen LogP contribution in [0.4, 0.5) is 16.4 Å². The molecule has 9 heteroatoms. The molecule has 0 saturated heterocycles. The first-order chi connectivity index (χ1) is 16.1. The van der Waals surface area contributed by atoms with Crippen LogP contribution < -0.4 is 10.2 Å². The molecule has 3 atom stereocenters. The molecule has 2 N–H and O–H groups in total. The maximum absolute atomic E-state index is 13.4. The van der Waals surface area contributed by atoms with Gasteiger partial charge in [-0.1, -0.05) is 29.8 Å². The third-order valence-corrected chi connectivity index (χ3v) is 6.42. The zero-order valence-electron chi connectivity index (χ0n) is 17.2. The molecule has 2 amide bonds. The van der Waals surface area contributed by atoms with Crippen LogP contribution in [0.3, 0.4) is 0 Å². The van der Waals surface area contributed by atoms with Crippen LogP contribution in [-0.2, 0) is 0 Å². The molecule has 4 heterocycles. The Balaban J connectivity index is 1.34. The number of halogens is 1. The number of fused-ring (bicyclic) bond motifs is 3. The summed E-state index contributed by atoms with van der Waals surface area (Å²) in [6.07, 6.45) is 4.50. The van der Waals surface area contributed by atoms with E-state index >= 15 is 0 Å². The summed E-state index contributed by atoms with van der Waals surface area (Å²) in [6, 6.07) is 14.0. The van der Waals surface area contributed by atoms with Crippen LogP contribution in [0.25, 0.3) is 22.6 Å². The van der Waals surface area contributed by atoms with Crippen LogP contribution in [0.5, 0.6) is 0 Å². The lowest BCUT2D eigenvalue weighted by molar-refractivity contribution is 0.0540. The highest BCUT2D eigenvalue weighted by molar-refractivity contribution is 6.30. The van der Waals surface area contributed by atoms with E-state index in [2.05, 4.69) is 15.3 Å². The molecule has 1 fully saturated rings. The Bertz CT molecular complexity index is 1360. The van der Waals surface area contributed by atoms with Gasteiger partial charge in [0.05, 0.1) is 24.0 Å². The van der Waals surface area contributed by atoms with Gasteiger partial charge in [-0.25, -0.2) is 19.7 Å². The van der Waals surface area contributed by atoms with Crippen LogP contribution in [-0.4, -0.2) is 38.2 Å². The number of nitrogens with zero attached hydrogens (tertiary/aromatic N) is 4. The summed E-state index contributed by atoms with van der Waals surface area (Å²) in [5, 5.41) is 13.9. The van der Waals surface area contributed by atoms with Crippen LogP contribution in [0.2, 0.25) is 5.02 Å². The fourth-order valence-electron chi connectivity index (χ4n) is 4.58. The van der Waals surface area contributed by atoms with Gasteiger partial charge in [-0.2, -0.15) is 0 Å². The maximum Gasteiger partial charge on any atom is 0.329 e. The SMILES string of the molecule is O=C(Nc1cc(-c2cnco2)ccn1)N1c2nc(-c3cccc(Cl)c3)ccc2C2C[C@@H](O)C21. The lowest BCUT2D eigenvalue weighted by Gasteiger charge is -2.40. The van der Waals surface area contributed by atoms with Crippen LogP contribution in [0.1, 0.15) is 17.9 Å². The number of urea groups is 1. The number of aliphatic hydroxyl groups is 1. The van der Waals surface area contributed by atoms with Crippen molar-refractivity contribution in [1.29, 1.82) is 0 Å². The number of hydrogen-bond donors (Lipinski definition) is 2. The molecule has 8 nitrogen and oxygen atoms in total. The van der Waals surface area contributed by atoms with Gasteiger partial charge >= 0.3 is 6.03 Å². The summed E-state index contributed by atoms with van der Waals surface area (Å²) in [4.78, 5) is 27.9. The molecule has 0 spiro atoms. The van der Waals surface area contributed by atoms with Gasteiger partial charge in [0.1, 0.15) is 11.6 Å². The first-order valence-corrected chi connectivity index (χ1v) is 10.9. The van der Waals surface area contributed by atoms with E-state index in [1.54, 1.807) is 35.5 Å². The number of carbonyl (C=O) groups is 1. The summed E-state index contributed by atoms with van der Waals surface area (Å²) in [5.74, 6) is 1.53. The molecule has 1 saturated carbocycles. The molecule has 1 aliphatic carbocycles. The highest BCUT2D eigenvalue weighted by atomic mass is 35.5. The van der Waals surface area contributed by atoms with Gasteiger partial charge in [0.25, 0.3) is 0 Å². The van der Waals surface area contributed by atoms with Gasteiger partial charge in [0, 0.05) is 33.8 Å². The van der Waals surface area contributed by atoms with E-state index in [0.29, 0.717) is 34.5 Å². The van der Waals surface area contributed by atoms with E-state index in [4.69, 9.17) is 21.0 Å². The van der Waals surface area contributed by atoms with E-state index in [0.717, 1.165) is 16.7 Å². The summed E-state index contributed by atoms with van der Waals surface area (Å²) < 4.78 is 5.33. The van der Waals surface area contributed by atoms with Gasteiger partial charge in [-0.3, -0.25) is 10.2 Å². The van der Waals surface area contributed by atoms with Gasteiger partial charge in [-0.15, -0.1) is 0 Å². The van der Waals surface area contributed by atoms with Crippen molar-refractivity contribution in [3.63, 3.8) is 0 Å². The number of pyridine rings is 2. The molecule has 0 radical (unpaired) electrons. The number of carbonyl (C=O) groups excluding carboxylic acids is 1. The average Bonchev–Trinajstić information content (AvgIpc) is 3.44. The van der Waals surface area contributed by atoms with Crippen molar-refractivity contribution in [1.82, 2.24) is 15.0 Å². The summed E-state index contributed by atoms with van der Waals surface area (Å²) in [7, 11) is 0. The Kier molecular flexibility index (Phi) is 4.63. The summed E-state index contributed by atoms with van der Waals surface area (Å²) in [5.41, 5.74) is 3.25. The minimum atomic E-state index is -0.613. The maximum atomic E-state index is 13.4. The van der Waals surface area contributed by atoms with Crippen molar-refractivity contribution >= 4 is 29.3 Å². The number of oxazole rings is 1. The molecular weight excluding hydrogens is 442 g/mol. The standard InChI is InChI=1S/C24H18ClN5O3/c25-15-3-1-2-13(8-15)18-5-4-16-17-10-19(31)22(17)30(23(16)28-18)24(32)29-21-9-14(6-7-27-21)20-11-26-12-33-20/h1-9,11-12,17,19,22,31H,10H2,(H,27,29,32)/t17?,19-,22?/m1/s1. The van der Waals surface area contributed by atoms with Crippen LogP contribution in [0.15, 0.2) is 71.7 Å². The second kappa shape index (κ2) is 7.68. The highest BCUT2D eigenvalue weighted by Crippen LogP contribution is 2.51. The zero-order valence-corrected chi connectivity index (χ0v) is 18.0. The minimum Gasteiger partial charge on any atom is -0.444 e. The lowest BCUT2D eigenvalue weighted by atomic mass is 9.75. The number of nitrogens with one attached hydrogen (secondary N) is 1. The van der Waals surface area contributed by atoms with E-state index in [-0.39, 0.29) is 12.0 Å². The molecule has 164 valence electrons. The predicted molar refractivity (Wildman–Crippen MR) is 123 cm³/mol. The smallest absolute Gasteiger partial charge is 0.329 e. The third-order valence-electron chi connectivity index (χ3n) is 6.18. The monoisotopic (exact) mass is 459 g/mol. The van der Waals surface area contributed by atoms with Gasteiger partial charge in [-0.05, 0) is 36.8 Å². The molecular formula is C24H18ClN5O3. The predicted octanol–water partition coefficient (Wildman–Crippen LogP) is 4.72. The minimum absolute atomic E-state index is 0.0511. The highest BCUT2D eigenvalue weighted by Gasteiger charge is 2.54. The molecule has 3 aromatic heterocycles. The number of hydrogen-bond acceptors (Lipinski definition) is 6. The number of aromatic nitrogens is 3. The van der Waals surface area contributed by atoms with Crippen molar-refractivity contribution in [2.45, 2.75) is 24.5 Å². The average molecular weight is 460 g/mol. The van der Waals surface area contributed by atoms with Crippen LogP contribution >= 0.6 is 11.6 Å². The first-order valence-electron chi connectivity index (χ1n) is 10.5. The second-order valence-electron chi connectivity index (χ2n) is 8.12. The molecule has 4 aromatic rings. The largest absolute Gasteiger partial charge is 0.444 e.